The molecule has 1 aliphatic heterocycles. The van der Waals surface area contributed by atoms with Crippen LogP contribution in [0, 0.1) is 0 Å². The minimum atomic E-state index is -0.932. The second-order valence-corrected chi connectivity index (χ2v) is 7.00. The molecule has 5 nitrogen and oxygen atoms in total. The number of likely N-dealkylation sites (tertiary alicyclic amines) is 1. The number of aromatic nitrogens is 1. The van der Waals surface area contributed by atoms with Crippen molar-refractivity contribution in [3.05, 3.63) is 40.4 Å². The van der Waals surface area contributed by atoms with Crippen molar-refractivity contribution >= 4 is 34.8 Å². The second kappa shape index (κ2) is 7.32. The van der Waals surface area contributed by atoms with Gasteiger partial charge in [-0.15, -0.1) is 11.3 Å². The first kappa shape index (κ1) is 16.9. The van der Waals surface area contributed by atoms with E-state index in [1.54, 1.807) is 6.07 Å². The Morgan fingerprint density at radius 2 is 2.12 bits per heavy atom. The van der Waals surface area contributed by atoms with Crippen molar-refractivity contribution < 1.29 is 14.7 Å². The van der Waals surface area contributed by atoms with E-state index < -0.39 is 12.0 Å². The number of carbonyl (C=O) groups excluding carboxylic acids is 1. The number of hydrogen-bond donors (Lipinski definition) is 1. The third-order valence-corrected chi connectivity index (χ3v) is 5.35. The second-order valence-electron chi connectivity index (χ2n) is 5.74. The van der Waals surface area contributed by atoms with Crippen LogP contribution in [0.25, 0.3) is 10.6 Å². The topological polar surface area (TPSA) is 70.5 Å². The summed E-state index contributed by atoms with van der Waals surface area (Å²) in [6.07, 6.45) is 2.32. The SMILES string of the molecule is O=C(O)[C@H]1CCCCN1C(=O)Cc1csc(-c2ccccc2Cl)n1. The van der Waals surface area contributed by atoms with E-state index in [1.807, 2.05) is 23.6 Å². The highest BCUT2D eigenvalue weighted by atomic mass is 35.5. The van der Waals surface area contributed by atoms with Gasteiger partial charge in [0, 0.05) is 17.5 Å². The van der Waals surface area contributed by atoms with Gasteiger partial charge in [0.2, 0.25) is 5.91 Å². The lowest BCUT2D eigenvalue weighted by atomic mass is 10.0. The van der Waals surface area contributed by atoms with Crippen LogP contribution in [0.15, 0.2) is 29.6 Å². The molecule has 0 unspecified atom stereocenters. The van der Waals surface area contributed by atoms with Gasteiger partial charge in [-0.05, 0) is 25.3 Å². The maximum atomic E-state index is 12.5. The van der Waals surface area contributed by atoms with E-state index in [-0.39, 0.29) is 12.3 Å². The Bertz CT molecular complexity index is 762. The summed E-state index contributed by atoms with van der Waals surface area (Å²) in [6.45, 7) is 0.497. The number of aliphatic carboxylic acids is 1. The summed E-state index contributed by atoms with van der Waals surface area (Å²) in [5.41, 5.74) is 1.49. The van der Waals surface area contributed by atoms with Crippen molar-refractivity contribution in [3.8, 4) is 10.6 Å². The van der Waals surface area contributed by atoms with Crippen molar-refractivity contribution in [2.45, 2.75) is 31.7 Å². The summed E-state index contributed by atoms with van der Waals surface area (Å²) in [6, 6.07) is 6.71. The lowest BCUT2D eigenvalue weighted by Gasteiger charge is -2.32. The summed E-state index contributed by atoms with van der Waals surface area (Å²) in [5.74, 6) is -1.11. The molecule has 24 heavy (non-hydrogen) atoms. The molecule has 0 aliphatic carbocycles. The van der Waals surface area contributed by atoms with Gasteiger partial charge in [-0.3, -0.25) is 4.79 Å². The fraction of sp³-hybridized carbons (Fsp3) is 0.353. The van der Waals surface area contributed by atoms with Gasteiger partial charge < -0.3 is 10.0 Å². The minimum absolute atomic E-state index is 0.116. The molecule has 7 heteroatoms. The Morgan fingerprint density at radius 3 is 2.88 bits per heavy atom. The molecule has 1 aromatic heterocycles. The molecule has 0 saturated carbocycles. The summed E-state index contributed by atoms with van der Waals surface area (Å²) >= 11 is 7.61. The Labute approximate surface area is 148 Å². The molecule has 0 spiro atoms. The number of rotatable bonds is 4. The summed E-state index contributed by atoms with van der Waals surface area (Å²) in [7, 11) is 0. The normalized spacial score (nSPS) is 17.7. The fourth-order valence-corrected chi connectivity index (χ4v) is 4.03. The molecule has 2 heterocycles. The van der Waals surface area contributed by atoms with Crippen LogP contribution in [0.1, 0.15) is 25.0 Å². The average molecular weight is 365 g/mol. The number of halogens is 1. The quantitative estimate of drug-likeness (QED) is 0.901. The molecule has 1 aliphatic rings. The van der Waals surface area contributed by atoms with E-state index in [9.17, 15) is 14.7 Å². The maximum Gasteiger partial charge on any atom is 0.326 e. The maximum absolute atomic E-state index is 12.5. The van der Waals surface area contributed by atoms with Crippen LogP contribution in [0.5, 0.6) is 0 Å². The fourth-order valence-electron chi connectivity index (χ4n) is 2.89. The first-order chi connectivity index (χ1) is 11.6. The molecule has 3 rings (SSSR count). The van der Waals surface area contributed by atoms with E-state index in [0.29, 0.717) is 23.7 Å². The molecular weight excluding hydrogens is 348 g/mol. The van der Waals surface area contributed by atoms with E-state index in [0.717, 1.165) is 23.4 Å². The highest BCUT2D eigenvalue weighted by Crippen LogP contribution is 2.30. The zero-order valence-corrected chi connectivity index (χ0v) is 14.5. The molecule has 1 aromatic carbocycles. The van der Waals surface area contributed by atoms with Gasteiger partial charge in [-0.1, -0.05) is 29.8 Å². The van der Waals surface area contributed by atoms with Crippen LogP contribution in [0.2, 0.25) is 5.02 Å². The lowest BCUT2D eigenvalue weighted by molar-refractivity contribution is -0.151. The van der Waals surface area contributed by atoms with Crippen LogP contribution in [-0.2, 0) is 16.0 Å². The third kappa shape index (κ3) is 3.60. The van der Waals surface area contributed by atoms with E-state index in [2.05, 4.69) is 4.98 Å². The number of benzene rings is 1. The van der Waals surface area contributed by atoms with Crippen LogP contribution >= 0.6 is 22.9 Å². The standard InChI is InChI=1S/C17H17ClN2O3S/c18-13-6-2-1-5-12(13)16-19-11(10-24-16)9-15(21)20-8-4-3-7-14(20)17(22)23/h1-2,5-6,10,14H,3-4,7-9H2,(H,22,23)/t14-/m1/s1. The van der Waals surface area contributed by atoms with Crippen molar-refractivity contribution in [3.63, 3.8) is 0 Å². The van der Waals surface area contributed by atoms with Crippen molar-refractivity contribution in [2.24, 2.45) is 0 Å². The highest BCUT2D eigenvalue weighted by Gasteiger charge is 2.32. The highest BCUT2D eigenvalue weighted by molar-refractivity contribution is 7.13. The molecule has 1 fully saturated rings. The molecule has 1 N–H and O–H groups in total. The molecule has 2 aromatic rings. The predicted octanol–water partition coefficient (Wildman–Crippen LogP) is 3.47. The van der Waals surface area contributed by atoms with Crippen LogP contribution in [0.4, 0.5) is 0 Å². The predicted molar refractivity (Wildman–Crippen MR) is 93.3 cm³/mol. The Hall–Kier alpha value is -1.92. The third-order valence-electron chi connectivity index (χ3n) is 4.10. The summed E-state index contributed by atoms with van der Waals surface area (Å²) in [4.78, 5) is 29.8. The van der Waals surface area contributed by atoms with Crippen LogP contribution < -0.4 is 0 Å². The zero-order chi connectivity index (χ0) is 17.1. The number of nitrogens with zero attached hydrogens (tertiary/aromatic N) is 2. The first-order valence-corrected chi connectivity index (χ1v) is 9.03. The number of amides is 1. The van der Waals surface area contributed by atoms with Crippen molar-refractivity contribution in [1.29, 1.82) is 0 Å². The molecule has 0 bridgehead atoms. The molecule has 1 atom stereocenters. The first-order valence-electron chi connectivity index (χ1n) is 7.78. The average Bonchev–Trinajstić information content (AvgIpc) is 3.03. The van der Waals surface area contributed by atoms with Crippen molar-refractivity contribution in [2.75, 3.05) is 6.54 Å². The van der Waals surface area contributed by atoms with E-state index in [1.165, 1.54) is 16.2 Å². The van der Waals surface area contributed by atoms with Crippen LogP contribution in [-0.4, -0.2) is 39.5 Å². The molecule has 1 amide bonds. The largest absolute Gasteiger partial charge is 0.480 e. The smallest absolute Gasteiger partial charge is 0.326 e. The van der Waals surface area contributed by atoms with Gasteiger partial charge in [0.1, 0.15) is 11.0 Å². The van der Waals surface area contributed by atoms with Crippen molar-refractivity contribution in [1.82, 2.24) is 9.88 Å². The van der Waals surface area contributed by atoms with Gasteiger partial charge in [0.05, 0.1) is 17.1 Å². The zero-order valence-electron chi connectivity index (χ0n) is 12.9. The number of piperidine rings is 1. The van der Waals surface area contributed by atoms with Gasteiger partial charge in [0.15, 0.2) is 0 Å². The number of thiazole rings is 1. The number of carbonyl (C=O) groups is 2. The number of carboxylic acids is 1. The van der Waals surface area contributed by atoms with Gasteiger partial charge in [-0.25, -0.2) is 9.78 Å². The van der Waals surface area contributed by atoms with Gasteiger partial charge >= 0.3 is 5.97 Å². The monoisotopic (exact) mass is 364 g/mol. The molecular formula is C17H17ClN2O3S. The Morgan fingerprint density at radius 1 is 1.33 bits per heavy atom. The Kier molecular flexibility index (Phi) is 5.16. The summed E-state index contributed by atoms with van der Waals surface area (Å²) in [5, 5.41) is 12.5. The lowest BCUT2D eigenvalue weighted by Crippen LogP contribution is -2.48. The number of hydrogen-bond acceptors (Lipinski definition) is 4. The molecule has 1 saturated heterocycles. The van der Waals surface area contributed by atoms with E-state index >= 15 is 0 Å². The molecule has 0 radical (unpaired) electrons. The molecule has 126 valence electrons. The van der Waals surface area contributed by atoms with Crippen LogP contribution in [0.3, 0.4) is 0 Å². The van der Waals surface area contributed by atoms with Gasteiger partial charge in [0.25, 0.3) is 0 Å². The van der Waals surface area contributed by atoms with E-state index in [4.69, 9.17) is 11.6 Å². The number of carboxylic acid groups (broad SMARTS) is 1. The minimum Gasteiger partial charge on any atom is -0.480 e. The Balaban J connectivity index is 1.73. The van der Waals surface area contributed by atoms with Gasteiger partial charge in [-0.2, -0.15) is 0 Å². The summed E-state index contributed by atoms with van der Waals surface area (Å²) < 4.78 is 0.